The molecule has 10 heavy (non-hydrogen) atoms. The minimum Gasteiger partial charge on any atom is -0.301 e. The third kappa shape index (κ3) is 1.20. The van der Waals surface area contributed by atoms with Crippen LogP contribution >= 0.6 is 0 Å². The molecule has 0 aromatic heterocycles. The highest BCUT2D eigenvalue weighted by atomic mass is 15.2. The number of rotatable bonds is 1. The lowest BCUT2D eigenvalue weighted by atomic mass is 9.93. The van der Waals surface area contributed by atoms with E-state index in [0.717, 1.165) is 5.92 Å². The molecule has 0 aliphatic carbocycles. The third-order valence-electron chi connectivity index (χ3n) is 3.06. The summed E-state index contributed by atoms with van der Waals surface area (Å²) in [5.41, 5.74) is 0.499. The Hall–Kier alpha value is -0.0400. The van der Waals surface area contributed by atoms with Gasteiger partial charge >= 0.3 is 0 Å². The Morgan fingerprint density at radius 3 is 2.40 bits per heavy atom. The Morgan fingerprint density at radius 1 is 1.60 bits per heavy atom. The van der Waals surface area contributed by atoms with Crippen LogP contribution in [0, 0.1) is 5.92 Å². The van der Waals surface area contributed by atoms with Crippen molar-refractivity contribution in [3.63, 3.8) is 0 Å². The van der Waals surface area contributed by atoms with Crippen molar-refractivity contribution in [2.45, 2.75) is 39.2 Å². The largest absolute Gasteiger partial charge is 0.301 e. The normalized spacial score (nSPS) is 42.6. The smallest absolute Gasteiger partial charge is 0.0178 e. The van der Waals surface area contributed by atoms with Crippen molar-refractivity contribution in [3.05, 3.63) is 0 Å². The van der Waals surface area contributed by atoms with Gasteiger partial charge in [-0.1, -0.05) is 13.8 Å². The van der Waals surface area contributed by atoms with Gasteiger partial charge in [0.05, 0.1) is 0 Å². The van der Waals surface area contributed by atoms with Crippen LogP contribution in [0.4, 0.5) is 0 Å². The summed E-state index contributed by atoms with van der Waals surface area (Å²) in [4.78, 5) is 2.50. The predicted molar refractivity (Wildman–Crippen MR) is 45.1 cm³/mol. The van der Waals surface area contributed by atoms with Crippen LogP contribution in [0.5, 0.6) is 0 Å². The van der Waals surface area contributed by atoms with E-state index in [4.69, 9.17) is 0 Å². The van der Waals surface area contributed by atoms with Crippen molar-refractivity contribution >= 4 is 0 Å². The summed E-state index contributed by atoms with van der Waals surface area (Å²) < 4.78 is 0. The Kier molecular flexibility index (Phi) is 2.04. The predicted octanol–water partition coefficient (Wildman–Crippen LogP) is 2.13. The molecule has 1 nitrogen and oxygen atoms in total. The summed E-state index contributed by atoms with van der Waals surface area (Å²) in [6.07, 6.45) is 2.66. The Balaban J connectivity index is 2.61. The maximum absolute atomic E-state index is 2.50. The zero-order valence-corrected chi connectivity index (χ0v) is 7.65. The second-order valence-corrected chi connectivity index (χ2v) is 4.04. The van der Waals surface area contributed by atoms with Gasteiger partial charge in [0.1, 0.15) is 0 Å². The SMILES string of the molecule is CC[C@@]1(C)C[C@@H](C)CN1C. The Labute approximate surface area is 64.4 Å². The van der Waals surface area contributed by atoms with Crippen LogP contribution in [-0.2, 0) is 0 Å². The van der Waals surface area contributed by atoms with Crippen molar-refractivity contribution in [2.75, 3.05) is 13.6 Å². The highest BCUT2D eigenvalue weighted by Crippen LogP contribution is 2.33. The van der Waals surface area contributed by atoms with Crippen molar-refractivity contribution in [2.24, 2.45) is 5.92 Å². The van der Waals surface area contributed by atoms with Crippen LogP contribution in [0.15, 0.2) is 0 Å². The van der Waals surface area contributed by atoms with E-state index in [9.17, 15) is 0 Å². The molecule has 0 spiro atoms. The van der Waals surface area contributed by atoms with Crippen molar-refractivity contribution in [1.82, 2.24) is 4.90 Å². The zero-order valence-electron chi connectivity index (χ0n) is 7.65. The van der Waals surface area contributed by atoms with E-state index in [2.05, 4.69) is 32.7 Å². The maximum atomic E-state index is 2.50. The first kappa shape index (κ1) is 8.06. The number of hydrogen-bond donors (Lipinski definition) is 0. The molecule has 0 N–H and O–H groups in total. The highest BCUT2D eigenvalue weighted by molar-refractivity contribution is 4.91. The van der Waals surface area contributed by atoms with Crippen LogP contribution in [0.2, 0.25) is 0 Å². The van der Waals surface area contributed by atoms with Gasteiger partial charge in [0.2, 0.25) is 0 Å². The van der Waals surface area contributed by atoms with Gasteiger partial charge < -0.3 is 4.90 Å². The van der Waals surface area contributed by atoms with E-state index in [1.165, 1.54) is 19.4 Å². The molecule has 1 aliphatic rings. The minimum absolute atomic E-state index is 0.499. The van der Waals surface area contributed by atoms with E-state index >= 15 is 0 Å². The average molecular weight is 141 g/mol. The molecule has 1 heteroatoms. The summed E-state index contributed by atoms with van der Waals surface area (Å²) in [5, 5.41) is 0. The molecule has 0 saturated carbocycles. The van der Waals surface area contributed by atoms with Crippen LogP contribution in [0.1, 0.15) is 33.6 Å². The maximum Gasteiger partial charge on any atom is 0.0178 e. The van der Waals surface area contributed by atoms with Gasteiger partial charge in [0, 0.05) is 12.1 Å². The second kappa shape index (κ2) is 2.54. The average Bonchev–Trinajstić information content (AvgIpc) is 2.09. The molecule has 0 aromatic rings. The Bertz CT molecular complexity index is 122. The fourth-order valence-corrected chi connectivity index (χ4v) is 2.07. The number of nitrogens with zero attached hydrogens (tertiary/aromatic N) is 1. The van der Waals surface area contributed by atoms with Gasteiger partial charge in [0.15, 0.2) is 0 Å². The fourth-order valence-electron chi connectivity index (χ4n) is 2.07. The topological polar surface area (TPSA) is 3.24 Å². The van der Waals surface area contributed by atoms with Crippen LogP contribution in [0.25, 0.3) is 0 Å². The molecule has 1 rings (SSSR count). The first-order chi connectivity index (χ1) is 4.58. The minimum atomic E-state index is 0.499. The fraction of sp³-hybridized carbons (Fsp3) is 1.00. The van der Waals surface area contributed by atoms with E-state index in [1.807, 2.05) is 0 Å². The Morgan fingerprint density at radius 2 is 2.20 bits per heavy atom. The van der Waals surface area contributed by atoms with E-state index in [1.54, 1.807) is 0 Å². The number of likely N-dealkylation sites (tertiary alicyclic amines) is 1. The van der Waals surface area contributed by atoms with Crippen LogP contribution in [0.3, 0.4) is 0 Å². The second-order valence-electron chi connectivity index (χ2n) is 4.04. The molecule has 0 aromatic carbocycles. The third-order valence-corrected chi connectivity index (χ3v) is 3.06. The van der Waals surface area contributed by atoms with E-state index < -0.39 is 0 Å². The first-order valence-electron chi connectivity index (χ1n) is 4.30. The van der Waals surface area contributed by atoms with Gasteiger partial charge in [-0.25, -0.2) is 0 Å². The number of hydrogen-bond acceptors (Lipinski definition) is 1. The van der Waals surface area contributed by atoms with Gasteiger partial charge in [-0.15, -0.1) is 0 Å². The lowest BCUT2D eigenvalue weighted by Crippen LogP contribution is -2.36. The van der Waals surface area contributed by atoms with Gasteiger partial charge in [-0.2, -0.15) is 0 Å². The molecule has 2 atom stereocenters. The van der Waals surface area contributed by atoms with Crippen LogP contribution in [-0.4, -0.2) is 24.0 Å². The summed E-state index contributed by atoms with van der Waals surface area (Å²) in [7, 11) is 2.24. The molecule has 1 heterocycles. The van der Waals surface area contributed by atoms with Gasteiger partial charge in [-0.05, 0) is 32.7 Å². The lowest BCUT2D eigenvalue weighted by Gasteiger charge is -2.30. The molecule has 0 unspecified atom stereocenters. The molecule has 1 fully saturated rings. The molecule has 0 amide bonds. The lowest BCUT2D eigenvalue weighted by molar-refractivity contribution is 0.189. The molecule has 1 aliphatic heterocycles. The molecular weight excluding hydrogens is 122 g/mol. The van der Waals surface area contributed by atoms with Crippen molar-refractivity contribution < 1.29 is 0 Å². The summed E-state index contributed by atoms with van der Waals surface area (Å²) in [6, 6.07) is 0. The molecule has 0 radical (unpaired) electrons. The van der Waals surface area contributed by atoms with Crippen molar-refractivity contribution in [1.29, 1.82) is 0 Å². The quantitative estimate of drug-likeness (QED) is 0.540. The molecule has 1 saturated heterocycles. The standard InChI is InChI=1S/C9H19N/c1-5-9(3)6-8(2)7-10(9)4/h8H,5-7H2,1-4H3/t8-,9+/m1/s1. The molecular formula is C9H19N. The van der Waals surface area contributed by atoms with Crippen molar-refractivity contribution in [3.8, 4) is 0 Å². The van der Waals surface area contributed by atoms with E-state index in [0.29, 0.717) is 5.54 Å². The summed E-state index contributed by atoms with van der Waals surface area (Å²) >= 11 is 0. The highest BCUT2D eigenvalue weighted by Gasteiger charge is 2.35. The summed E-state index contributed by atoms with van der Waals surface area (Å²) in [6.45, 7) is 8.28. The van der Waals surface area contributed by atoms with Gasteiger partial charge in [0.25, 0.3) is 0 Å². The monoisotopic (exact) mass is 141 g/mol. The molecule has 60 valence electrons. The molecule has 0 bridgehead atoms. The summed E-state index contributed by atoms with van der Waals surface area (Å²) in [5.74, 6) is 0.898. The first-order valence-corrected chi connectivity index (χ1v) is 4.30. The van der Waals surface area contributed by atoms with E-state index in [-0.39, 0.29) is 0 Å². The van der Waals surface area contributed by atoms with Crippen LogP contribution < -0.4 is 0 Å². The van der Waals surface area contributed by atoms with Gasteiger partial charge in [-0.3, -0.25) is 0 Å². The zero-order chi connectivity index (χ0) is 7.78.